The third kappa shape index (κ3) is 5.71. The molecule has 1 aliphatic rings. The van der Waals surface area contributed by atoms with Gasteiger partial charge in [0.15, 0.2) is 5.16 Å². The van der Waals surface area contributed by atoms with Crippen LogP contribution in [0.2, 0.25) is 0 Å². The fourth-order valence-corrected chi connectivity index (χ4v) is 6.40. The third-order valence-electron chi connectivity index (χ3n) is 6.63. The predicted molar refractivity (Wildman–Crippen MR) is 140 cm³/mol. The maximum atomic E-state index is 12.8. The number of nitriles is 1. The highest BCUT2D eigenvalue weighted by Crippen LogP contribution is 2.44. The number of hydrogen-bond donors (Lipinski definition) is 1. The van der Waals surface area contributed by atoms with E-state index in [4.69, 9.17) is 4.74 Å². The minimum absolute atomic E-state index is 0.142. The maximum absolute atomic E-state index is 12.8. The molecule has 35 heavy (non-hydrogen) atoms. The fraction of sp³-hybridized carbons (Fsp3) is 0.462. The number of aromatic nitrogens is 3. The molecule has 2 aromatic heterocycles. The van der Waals surface area contributed by atoms with Crippen LogP contribution in [0, 0.1) is 22.7 Å². The molecule has 1 aromatic carbocycles. The summed E-state index contributed by atoms with van der Waals surface area (Å²) in [5, 5.41) is 22.7. The number of carbonyl (C=O) groups excluding carboxylic acids is 1. The monoisotopic (exact) mass is 509 g/mol. The number of fused-ring (bicyclic) bond motifs is 1. The molecule has 2 heterocycles. The molecular formula is C26H31N5O2S2. The first-order valence-electron chi connectivity index (χ1n) is 11.7. The summed E-state index contributed by atoms with van der Waals surface area (Å²) < 4.78 is 7.12. The highest BCUT2D eigenvalue weighted by atomic mass is 32.2. The fourth-order valence-electron chi connectivity index (χ4n) is 4.37. The zero-order valence-electron chi connectivity index (χ0n) is 20.8. The summed E-state index contributed by atoms with van der Waals surface area (Å²) in [4.78, 5) is 14.0. The van der Waals surface area contributed by atoms with E-state index in [-0.39, 0.29) is 17.1 Å². The van der Waals surface area contributed by atoms with Gasteiger partial charge in [-0.2, -0.15) is 5.26 Å². The minimum atomic E-state index is -0.142. The van der Waals surface area contributed by atoms with Crippen molar-refractivity contribution in [3.05, 3.63) is 51.7 Å². The Bertz CT molecular complexity index is 1250. The number of thiophene rings is 1. The van der Waals surface area contributed by atoms with Gasteiger partial charge in [-0.25, -0.2) is 0 Å². The van der Waals surface area contributed by atoms with E-state index in [1.54, 1.807) is 18.4 Å². The number of thioether (sulfide) groups is 1. The van der Waals surface area contributed by atoms with Crippen molar-refractivity contribution < 1.29 is 9.53 Å². The molecule has 7 nitrogen and oxygen atoms in total. The van der Waals surface area contributed by atoms with Crippen LogP contribution in [-0.4, -0.2) is 33.5 Å². The molecule has 0 unspecified atom stereocenters. The van der Waals surface area contributed by atoms with Crippen LogP contribution in [0.1, 0.15) is 54.6 Å². The molecular weight excluding hydrogens is 478 g/mol. The molecule has 0 radical (unpaired) electrons. The number of anilines is 1. The molecule has 1 amide bonds. The van der Waals surface area contributed by atoms with Gasteiger partial charge >= 0.3 is 0 Å². The van der Waals surface area contributed by atoms with Crippen LogP contribution in [0.15, 0.2) is 29.4 Å². The van der Waals surface area contributed by atoms with Crippen molar-refractivity contribution in [2.45, 2.75) is 51.6 Å². The summed E-state index contributed by atoms with van der Waals surface area (Å²) in [6.07, 6.45) is 3.59. The lowest BCUT2D eigenvalue weighted by Gasteiger charge is -2.33. The zero-order chi connectivity index (χ0) is 25.2. The Kier molecular flexibility index (Phi) is 7.53. The van der Waals surface area contributed by atoms with Gasteiger partial charge in [0.25, 0.3) is 0 Å². The largest absolute Gasteiger partial charge is 0.497 e. The molecule has 0 saturated carbocycles. The van der Waals surface area contributed by atoms with E-state index in [1.165, 1.54) is 16.6 Å². The van der Waals surface area contributed by atoms with Gasteiger partial charge in [0, 0.05) is 18.3 Å². The number of ether oxygens (including phenoxy) is 1. The molecule has 0 saturated heterocycles. The summed E-state index contributed by atoms with van der Waals surface area (Å²) in [5.74, 6) is 2.28. The molecule has 0 spiro atoms. The van der Waals surface area contributed by atoms with E-state index in [0.717, 1.165) is 42.0 Å². The van der Waals surface area contributed by atoms with Crippen LogP contribution in [0.25, 0.3) is 0 Å². The average molecular weight is 510 g/mol. The van der Waals surface area contributed by atoms with Crippen LogP contribution in [-0.2, 0) is 31.1 Å². The van der Waals surface area contributed by atoms with Crippen LogP contribution in [0.5, 0.6) is 5.75 Å². The Morgan fingerprint density at radius 2 is 2.06 bits per heavy atom. The second kappa shape index (κ2) is 10.4. The van der Waals surface area contributed by atoms with Gasteiger partial charge in [0.1, 0.15) is 22.6 Å². The van der Waals surface area contributed by atoms with Crippen molar-refractivity contribution in [1.29, 1.82) is 5.26 Å². The summed E-state index contributed by atoms with van der Waals surface area (Å²) in [5.41, 5.74) is 3.10. The van der Waals surface area contributed by atoms with Crippen molar-refractivity contribution in [3.63, 3.8) is 0 Å². The van der Waals surface area contributed by atoms with Crippen molar-refractivity contribution in [2.75, 3.05) is 18.2 Å². The predicted octanol–water partition coefficient (Wildman–Crippen LogP) is 5.23. The molecule has 1 atom stereocenters. The highest BCUT2D eigenvalue weighted by molar-refractivity contribution is 7.99. The summed E-state index contributed by atoms with van der Waals surface area (Å²) >= 11 is 2.90. The minimum Gasteiger partial charge on any atom is -0.497 e. The Labute approximate surface area is 214 Å². The molecule has 0 bridgehead atoms. The van der Waals surface area contributed by atoms with E-state index >= 15 is 0 Å². The van der Waals surface area contributed by atoms with E-state index in [9.17, 15) is 10.1 Å². The number of rotatable bonds is 7. The molecule has 1 N–H and O–H groups in total. The second-order valence-electron chi connectivity index (χ2n) is 9.94. The summed E-state index contributed by atoms with van der Waals surface area (Å²) in [6.45, 7) is 6.82. The zero-order valence-corrected chi connectivity index (χ0v) is 22.5. The molecule has 0 aliphatic heterocycles. The van der Waals surface area contributed by atoms with Gasteiger partial charge in [0.2, 0.25) is 5.91 Å². The molecule has 4 rings (SSSR count). The van der Waals surface area contributed by atoms with E-state index in [1.807, 2.05) is 35.9 Å². The van der Waals surface area contributed by atoms with Crippen LogP contribution in [0.3, 0.4) is 0 Å². The van der Waals surface area contributed by atoms with Crippen molar-refractivity contribution >= 4 is 34.0 Å². The standard InChI is InChI=1S/C26H31N5O2S2/c1-26(2,3)17-8-11-19-20(14-27)24(35-21(19)13-17)28-23(32)15-34-25-30-29-22(31(25)4)12-16-6-9-18(33-5)10-7-16/h6-7,9-10,17H,8,11-13,15H2,1-5H3,(H,28,32)/t17-/m0/s1. The number of benzene rings is 1. The molecule has 3 aromatic rings. The summed E-state index contributed by atoms with van der Waals surface area (Å²) in [6, 6.07) is 10.2. The average Bonchev–Trinajstić information content (AvgIpc) is 3.36. The highest BCUT2D eigenvalue weighted by Gasteiger charge is 2.32. The van der Waals surface area contributed by atoms with E-state index in [0.29, 0.717) is 28.1 Å². The SMILES string of the molecule is COc1ccc(Cc2nnc(SCC(=O)Nc3sc4c(c3C#N)CC[C@H](C(C)(C)C)C4)n2C)cc1. The molecule has 9 heteroatoms. The quantitative estimate of drug-likeness (QED) is 0.439. The Hall–Kier alpha value is -2.83. The number of amides is 1. The number of methoxy groups -OCH3 is 1. The topological polar surface area (TPSA) is 92.8 Å². The number of nitrogens with one attached hydrogen (secondary N) is 1. The normalized spacial score (nSPS) is 15.4. The molecule has 0 fully saturated rings. The van der Waals surface area contributed by atoms with Crippen LogP contribution in [0.4, 0.5) is 5.00 Å². The van der Waals surface area contributed by atoms with Crippen molar-refractivity contribution in [2.24, 2.45) is 18.4 Å². The van der Waals surface area contributed by atoms with Gasteiger partial charge in [-0.1, -0.05) is 44.7 Å². The smallest absolute Gasteiger partial charge is 0.235 e. The first-order chi connectivity index (χ1) is 16.7. The number of hydrogen-bond acceptors (Lipinski definition) is 7. The first-order valence-corrected chi connectivity index (χ1v) is 13.5. The van der Waals surface area contributed by atoms with Crippen LogP contribution >= 0.6 is 23.1 Å². The molecule has 1 aliphatic carbocycles. The summed E-state index contributed by atoms with van der Waals surface area (Å²) in [7, 11) is 3.55. The Balaban J connectivity index is 1.38. The maximum Gasteiger partial charge on any atom is 0.235 e. The number of carbonyl (C=O) groups is 1. The lowest BCUT2D eigenvalue weighted by molar-refractivity contribution is -0.113. The van der Waals surface area contributed by atoms with Gasteiger partial charge < -0.3 is 14.6 Å². The Morgan fingerprint density at radius 1 is 1.31 bits per heavy atom. The van der Waals surface area contributed by atoms with Crippen molar-refractivity contribution in [3.8, 4) is 11.8 Å². The third-order valence-corrected chi connectivity index (χ3v) is 8.82. The van der Waals surface area contributed by atoms with Gasteiger partial charge in [0.05, 0.1) is 18.4 Å². The van der Waals surface area contributed by atoms with Gasteiger partial charge in [-0.05, 0) is 53.9 Å². The molecule has 184 valence electrons. The lowest BCUT2D eigenvalue weighted by Crippen LogP contribution is -2.26. The lowest BCUT2D eigenvalue weighted by atomic mass is 9.72. The first kappa shape index (κ1) is 25.3. The van der Waals surface area contributed by atoms with Crippen LogP contribution < -0.4 is 10.1 Å². The van der Waals surface area contributed by atoms with Gasteiger partial charge in [-0.3, -0.25) is 4.79 Å². The second-order valence-corrected chi connectivity index (χ2v) is 12.0. The van der Waals surface area contributed by atoms with Crippen molar-refractivity contribution in [1.82, 2.24) is 14.8 Å². The van der Waals surface area contributed by atoms with Gasteiger partial charge in [-0.15, -0.1) is 21.5 Å². The Morgan fingerprint density at radius 3 is 2.71 bits per heavy atom. The van der Waals surface area contributed by atoms with E-state index in [2.05, 4.69) is 42.4 Å². The number of nitrogens with zero attached hydrogens (tertiary/aromatic N) is 4. The van der Waals surface area contributed by atoms with E-state index < -0.39 is 0 Å².